The molecule has 4 fully saturated rings. The van der Waals surface area contributed by atoms with Crippen LogP contribution in [-0.2, 0) is 22.4 Å². The van der Waals surface area contributed by atoms with E-state index in [2.05, 4.69) is 4.98 Å². The molecule has 0 spiro atoms. The van der Waals surface area contributed by atoms with Gasteiger partial charge in [-0.1, -0.05) is 0 Å². The van der Waals surface area contributed by atoms with E-state index in [9.17, 15) is 0 Å². The Labute approximate surface area is 114 Å². The minimum atomic E-state index is 0. The Morgan fingerprint density at radius 2 is 0.938 bits per heavy atom. The number of aromatic nitrogens is 1. The Morgan fingerprint density at radius 3 is 1.12 bits per heavy atom. The molecule has 92 valence electrons. The summed E-state index contributed by atoms with van der Waals surface area (Å²) >= 11 is 0. The van der Waals surface area contributed by atoms with Gasteiger partial charge in [-0.3, -0.25) is 0 Å². The van der Waals surface area contributed by atoms with Crippen molar-refractivity contribution in [3.8, 4) is 0 Å². The van der Waals surface area contributed by atoms with Crippen LogP contribution in [0.25, 0.3) is 0 Å². The fraction of sp³-hybridized carbons (Fsp3) is 0.714. The summed E-state index contributed by atoms with van der Waals surface area (Å²) in [5, 5.41) is 0. The number of nitrogens with one attached hydrogen (secondary N) is 1. The summed E-state index contributed by atoms with van der Waals surface area (Å²) in [6.07, 6.45) is 13.4. The van der Waals surface area contributed by atoms with Gasteiger partial charge < -0.3 is 4.98 Å². The minimum Gasteiger partial charge on any atom is -0.368 e. The summed E-state index contributed by atoms with van der Waals surface area (Å²) in [5.74, 6) is 4.71. The molecule has 4 bridgehead atoms. The third kappa shape index (κ3) is 2.82. The fourth-order valence-corrected chi connectivity index (χ4v) is 4.26. The van der Waals surface area contributed by atoms with Crippen molar-refractivity contribution in [3.05, 3.63) is 24.5 Å². The maximum Gasteiger partial charge on any atom is 1.00 e. The molecule has 0 unspecified atom stereocenters. The van der Waals surface area contributed by atoms with E-state index in [-0.39, 0.29) is 22.4 Å². The van der Waals surface area contributed by atoms with E-state index in [4.69, 9.17) is 0 Å². The van der Waals surface area contributed by atoms with Crippen molar-refractivity contribution in [2.24, 2.45) is 23.7 Å². The SMILES string of the molecule is C1C2CC3CC1CC(C2)C3.[Au+].c1cc[nH]c1. The predicted octanol–water partition coefficient (Wildman–Crippen LogP) is 3.84. The molecular weight excluding hydrogens is 379 g/mol. The Balaban J connectivity index is 0.000000139. The van der Waals surface area contributed by atoms with Gasteiger partial charge >= 0.3 is 22.4 Å². The summed E-state index contributed by atoms with van der Waals surface area (Å²) in [6, 6.07) is 3.89. The van der Waals surface area contributed by atoms with Crippen LogP contribution in [0.4, 0.5) is 0 Å². The van der Waals surface area contributed by atoms with Crippen LogP contribution in [0.15, 0.2) is 24.5 Å². The van der Waals surface area contributed by atoms with Crippen LogP contribution < -0.4 is 0 Å². The van der Waals surface area contributed by atoms with E-state index < -0.39 is 0 Å². The van der Waals surface area contributed by atoms with Crippen LogP contribution in [0.2, 0.25) is 0 Å². The second-order valence-electron chi connectivity index (χ2n) is 5.76. The number of hydrogen-bond donors (Lipinski definition) is 1. The maximum atomic E-state index is 2.86. The van der Waals surface area contributed by atoms with Crippen LogP contribution in [0.1, 0.15) is 38.5 Å². The van der Waals surface area contributed by atoms with Crippen LogP contribution in [0.3, 0.4) is 0 Å². The van der Waals surface area contributed by atoms with Gasteiger partial charge in [0.2, 0.25) is 0 Å². The van der Waals surface area contributed by atoms with Crippen molar-refractivity contribution in [2.75, 3.05) is 0 Å². The van der Waals surface area contributed by atoms with E-state index >= 15 is 0 Å². The van der Waals surface area contributed by atoms with Gasteiger partial charge in [0, 0.05) is 12.4 Å². The molecule has 0 radical (unpaired) electrons. The zero-order chi connectivity index (χ0) is 10.1. The van der Waals surface area contributed by atoms with Crippen molar-refractivity contribution < 1.29 is 22.4 Å². The second-order valence-corrected chi connectivity index (χ2v) is 5.76. The van der Waals surface area contributed by atoms with Gasteiger partial charge in [-0.2, -0.15) is 0 Å². The second kappa shape index (κ2) is 5.57. The van der Waals surface area contributed by atoms with Crippen molar-refractivity contribution in [1.29, 1.82) is 0 Å². The van der Waals surface area contributed by atoms with Crippen molar-refractivity contribution in [2.45, 2.75) is 38.5 Å². The van der Waals surface area contributed by atoms with E-state index in [0.29, 0.717) is 0 Å². The van der Waals surface area contributed by atoms with Gasteiger partial charge in [0.25, 0.3) is 0 Å². The van der Waals surface area contributed by atoms with E-state index in [0.717, 1.165) is 0 Å². The van der Waals surface area contributed by atoms with Crippen molar-refractivity contribution >= 4 is 0 Å². The molecule has 0 amide bonds. The molecule has 0 saturated heterocycles. The minimum absolute atomic E-state index is 0. The Hall–Kier alpha value is 0.0203. The van der Waals surface area contributed by atoms with Gasteiger partial charge in [-0.25, -0.2) is 0 Å². The number of hydrogen-bond acceptors (Lipinski definition) is 0. The Bertz CT molecular complexity index is 220. The molecule has 2 heteroatoms. The van der Waals surface area contributed by atoms with Crippen molar-refractivity contribution in [3.63, 3.8) is 0 Å². The summed E-state index contributed by atoms with van der Waals surface area (Å²) in [7, 11) is 0. The summed E-state index contributed by atoms with van der Waals surface area (Å²) in [5.41, 5.74) is 0. The molecular formula is C14H21AuN+. The molecule has 1 nitrogen and oxygen atoms in total. The quantitative estimate of drug-likeness (QED) is 0.637. The van der Waals surface area contributed by atoms with Crippen LogP contribution in [0, 0.1) is 23.7 Å². The molecule has 16 heavy (non-hydrogen) atoms. The maximum absolute atomic E-state index is 2.86. The van der Waals surface area contributed by atoms with E-state index in [1.54, 1.807) is 38.5 Å². The number of H-pyrrole nitrogens is 1. The summed E-state index contributed by atoms with van der Waals surface area (Å²) in [4.78, 5) is 2.86. The molecule has 1 heterocycles. The molecule has 0 aromatic carbocycles. The fourth-order valence-electron chi connectivity index (χ4n) is 4.26. The van der Waals surface area contributed by atoms with Crippen LogP contribution in [-0.4, -0.2) is 4.98 Å². The molecule has 4 aliphatic rings. The molecule has 1 N–H and O–H groups in total. The van der Waals surface area contributed by atoms with E-state index in [1.807, 2.05) is 24.5 Å². The standard InChI is InChI=1S/C10H16.C4H5N.Au/c1-7-2-9-4-8(1)5-10(3-7)6-9;1-2-4-5-3-1;/h7-10H,1-6H2;1-5H;/q;;+1. The van der Waals surface area contributed by atoms with E-state index in [1.165, 1.54) is 23.7 Å². The zero-order valence-electron chi connectivity index (χ0n) is 9.66. The van der Waals surface area contributed by atoms with Crippen molar-refractivity contribution in [1.82, 2.24) is 4.98 Å². The average Bonchev–Trinajstić information content (AvgIpc) is 2.72. The number of aromatic amines is 1. The third-order valence-electron chi connectivity index (χ3n) is 4.50. The number of rotatable bonds is 0. The molecule has 5 rings (SSSR count). The first-order valence-corrected chi connectivity index (χ1v) is 6.48. The first kappa shape index (κ1) is 12.5. The largest absolute Gasteiger partial charge is 1.00 e. The first-order chi connectivity index (χ1) is 7.40. The summed E-state index contributed by atoms with van der Waals surface area (Å²) < 4.78 is 0. The van der Waals surface area contributed by atoms with Crippen LogP contribution >= 0.6 is 0 Å². The third-order valence-corrected chi connectivity index (χ3v) is 4.50. The first-order valence-electron chi connectivity index (χ1n) is 6.48. The average molecular weight is 400 g/mol. The molecule has 1 aromatic rings. The monoisotopic (exact) mass is 400 g/mol. The van der Waals surface area contributed by atoms with Gasteiger partial charge in [0.15, 0.2) is 0 Å². The van der Waals surface area contributed by atoms with Gasteiger partial charge in [0.1, 0.15) is 0 Å². The predicted molar refractivity (Wildman–Crippen MR) is 62.5 cm³/mol. The van der Waals surface area contributed by atoms with Crippen LogP contribution in [0.5, 0.6) is 0 Å². The zero-order valence-corrected chi connectivity index (χ0v) is 11.8. The topological polar surface area (TPSA) is 15.8 Å². The summed E-state index contributed by atoms with van der Waals surface area (Å²) in [6.45, 7) is 0. The Morgan fingerprint density at radius 1 is 0.625 bits per heavy atom. The molecule has 4 saturated carbocycles. The smallest absolute Gasteiger partial charge is 0.368 e. The molecule has 0 aliphatic heterocycles. The molecule has 0 atom stereocenters. The van der Waals surface area contributed by atoms with Gasteiger partial charge in [-0.15, -0.1) is 0 Å². The molecule has 1 aromatic heterocycles. The normalized spacial score (nSPS) is 38.5. The van der Waals surface area contributed by atoms with Gasteiger partial charge in [-0.05, 0) is 74.3 Å². The Kier molecular flexibility index (Phi) is 4.34. The molecule has 4 aliphatic carbocycles. The van der Waals surface area contributed by atoms with Gasteiger partial charge in [0.05, 0.1) is 0 Å².